The average Bonchev–Trinajstić information content (AvgIpc) is 2.84. The first-order valence-corrected chi connectivity index (χ1v) is 12.0. The fraction of sp³-hybridized carbons (Fsp3) is 0.370. The van der Waals surface area contributed by atoms with Crippen molar-refractivity contribution in [2.24, 2.45) is 11.8 Å². The zero-order chi connectivity index (χ0) is 24.3. The summed E-state index contributed by atoms with van der Waals surface area (Å²) in [6, 6.07) is 16.6. The van der Waals surface area contributed by atoms with E-state index in [1.807, 2.05) is 61.5 Å². The Bertz CT molecular complexity index is 991. The highest BCUT2D eigenvalue weighted by Crippen LogP contribution is 2.21. The van der Waals surface area contributed by atoms with Crippen molar-refractivity contribution in [2.45, 2.75) is 45.3 Å². The fourth-order valence-electron chi connectivity index (χ4n) is 3.78. The van der Waals surface area contributed by atoms with Crippen LogP contribution in [0.15, 0.2) is 66.7 Å². The zero-order valence-corrected chi connectivity index (χ0v) is 20.1. The molecule has 2 N–H and O–H groups in total. The summed E-state index contributed by atoms with van der Waals surface area (Å²) in [6.45, 7) is 2.51. The van der Waals surface area contributed by atoms with Gasteiger partial charge in [-0.05, 0) is 42.0 Å². The quantitative estimate of drug-likeness (QED) is 0.476. The van der Waals surface area contributed by atoms with E-state index in [0.717, 1.165) is 11.1 Å². The number of esters is 1. The van der Waals surface area contributed by atoms with Gasteiger partial charge in [0.1, 0.15) is 6.10 Å². The predicted octanol–water partition coefficient (Wildman–Crippen LogP) is 4.74. The third-order valence-corrected chi connectivity index (χ3v) is 6.01. The summed E-state index contributed by atoms with van der Waals surface area (Å²) in [5.74, 6) is -1.14. The van der Waals surface area contributed by atoms with Gasteiger partial charge in [0.05, 0.1) is 12.5 Å². The lowest BCUT2D eigenvalue weighted by Crippen LogP contribution is -2.37. The minimum atomic E-state index is -0.585. The van der Waals surface area contributed by atoms with Crippen LogP contribution in [0.4, 0.5) is 0 Å². The normalized spacial score (nSPS) is 22.8. The molecule has 3 rings (SSSR count). The van der Waals surface area contributed by atoms with Crippen molar-refractivity contribution in [1.29, 1.82) is 0 Å². The number of benzene rings is 2. The number of rotatable bonds is 5. The number of carbonyl (C=O) groups is 3. The Morgan fingerprint density at radius 3 is 2.50 bits per heavy atom. The first kappa shape index (κ1) is 25.5. The molecule has 2 amide bonds. The summed E-state index contributed by atoms with van der Waals surface area (Å²) in [7, 11) is 0. The number of hydrogen-bond donors (Lipinski definition) is 2. The number of carbonyl (C=O) groups excluding carboxylic acids is 3. The number of amides is 2. The smallest absolute Gasteiger partial charge is 0.306 e. The summed E-state index contributed by atoms with van der Waals surface area (Å²) in [5.41, 5.74) is 1.74. The molecule has 0 radical (unpaired) electrons. The number of halogens is 1. The van der Waals surface area contributed by atoms with E-state index in [4.69, 9.17) is 16.3 Å². The lowest BCUT2D eigenvalue weighted by Gasteiger charge is -2.21. The monoisotopic (exact) mass is 482 g/mol. The van der Waals surface area contributed by atoms with Crippen LogP contribution in [0.2, 0.25) is 5.02 Å². The highest BCUT2D eigenvalue weighted by atomic mass is 35.5. The maximum absolute atomic E-state index is 13.0. The Balaban J connectivity index is 1.67. The molecule has 0 fully saturated rings. The van der Waals surface area contributed by atoms with Crippen LogP contribution < -0.4 is 10.6 Å². The second-order valence-corrected chi connectivity index (χ2v) is 9.13. The highest BCUT2D eigenvalue weighted by molar-refractivity contribution is 6.30. The molecular formula is C27H31ClN2O4. The second-order valence-electron chi connectivity index (χ2n) is 8.69. The molecule has 6 nitrogen and oxygen atoms in total. The molecule has 2 aromatic rings. The molecule has 2 aromatic carbocycles. The molecule has 7 heteroatoms. The van der Waals surface area contributed by atoms with Gasteiger partial charge in [-0.3, -0.25) is 14.4 Å². The maximum Gasteiger partial charge on any atom is 0.306 e. The second kappa shape index (κ2) is 12.9. The number of nitrogens with one attached hydrogen (secondary N) is 2. The Kier molecular flexibility index (Phi) is 9.71. The van der Waals surface area contributed by atoms with E-state index >= 15 is 0 Å². The minimum Gasteiger partial charge on any atom is -0.456 e. The summed E-state index contributed by atoms with van der Waals surface area (Å²) >= 11 is 5.91. The van der Waals surface area contributed by atoms with E-state index in [1.165, 1.54) is 0 Å². The molecule has 1 unspecified atom stereocenters. The van der Waals surface area contributed by atoms with Gasteiger partial charge in [0.15, 0.2) is 0 Å². The van der Waals surface area contributed by atoms with Crippen LogP contribution in [0.25, 0.3) is 0 Å². The number of allylic oxidation sites excluding steroid dienone is 2. The summed E-state index contributed by atoms with van der Waals surface area (Å²) in [5, 5.41) is 6.40. The van der Waals surface area contributed by atoms with Gasteiger partial charge in [-0.25, -0.2) is 0 Å². The van der Waals surface area contributed by atoms with Crippen molar-refractivity contribution in [1.82, 2.24) is 10.6 Å². The van der Waals surface area contributed by atoms with Crippen LogP contribution in [0.3, 0.4) is 0 Å². The SMILES string of the molecule is CC1C/C=C/C[C@@H](CC(=O)NCc2ccc(Cl)cc2)C(=O)NC[C@@H](c2ccccc2)OC(=O)C1. The van der Waals surface area contributed by atoms with Gasteiger partial charge >= 0.3 is 5.97 Å². The van der Waals surface area contributed by atoms with Gasteiger partial charge < -0.3 is 15.4 Å². The number of hydrogen-bond acceptors (Lipinski definition) is 4. The first-order valence-electron chi connectivity index (χ1n) is 11.6. The predicted molar refractivity (Wildman–Crippen MR) is 132 cm³/mol. The molecule has 0 bridgehead atoms. The Morgan fingerprint density at radius 2 is 1.76 bits per heavy atom. The average molecular weight is 483 g/mol. The third-order valence-electron chi connectivity index (χ3n) is 5.75. The summed E-state index contributed by atoms with van der Waals surface area (Å²) < 4.78 is 5.71. The summed E-state index contributed by atoms with van der Waals surface area (Å²) in [6.07, 6.45) is 4.81. The van der Waals surface area contributed by atoms with E-state index in [2.05, 4.69) is 10.6 Å². The fourth-order valence-corrected chi connectivity index (χ4v) is 3.90. The first-order chi connectivity index (χ1) is 16.4. The van der Waals surface area contributed by atoms with Crippen LogP contribution in [-0.4, -0.2) is 24.3 Å². The highest BCUT2D eigenvalue weighted by Gasteiger charge is 2.24. The van der Waals surface area contributed by atoms with Crippen molar-refractivity contribution in [3.05, 3.63) is 82.9 Å². The Morgan fingerprint density at radius 1 is 1.06 bits per heavy atom. The molecule has 3 atom stereocenters. The van der Waals surface area contributed by atoms with Gasteiger partial charge in [0.25, 0.3) is 0 Å². The molecule has 0 aromatic heterocycles. The molecule has 0 spiro atoms. The van der Waals surface area contributed by atoms with Crippen molar-refractivity contribution in [2.75, 3.05) is 6.54 Å². The standard InChI is InChI=1S/C27H31ClN2O4/c1-19-7-5-6-10-22(16-25(31)29-17-20-11-13-23(28)14-12-20)27(33)30-18-24(34-26(32)15-19)21-8-3-2-4-9-21/h2-6,8-9,11-14,19,22,24H,7,10,15-18H2,1H3,(H,29,31)(H,30,33)/b6-5+/t19?,22-,24-/m0/s1. The van der Waals surface area contributed by atoms with Gasteiger partial charge in [0, 0.05) is 24.4 Å². The molecule has 1 aliphatic rings. The van der Waals surface area contributed by atoms with E-state index in [0.29, 0.717) is 30.8 Å². The van der Waals surface area contributed by atoms with Gasteiger partial charge in [-0.15, -0.1) is 0 Å². The van der Waals surface area contributed by atoms with E-state index in [9.17, 15) is 14.4 Å². The van der Waals surface area contributed by atoms with Crippen molar-refractivity contribution < 1.29 is 19.1 Å². The van der Waals surface area contributed by atoms with Crippen LogP contribution in [-0.2, 0) is 25.7 Å². The zero-order valence-electron chi connectivity index (χ0n) is 19.3. The number of cyclic esters (lactones) is 1. The van der Waals surface area contributed by atoms with Crippen LogP contribution >= 0.6 is 11.6 Å². The topological polar surface area (TPSA) is 84.5 Å². The number of ether oxygens (including phenoxy) is 1. The van der Waals surface area contributed by atoms with Gasteiger partial charge in [-0.2, -0.15) is 0 Å². The van der Waals surface area contributed by atoms with Crippen molar-refractivity contribution >= 4 is 29.4 Å². The van der Waals surface area contributed by atoms with Crippen LogP contribution in [0, 0.1) is 11.8 Å². The molecule has 1 heterocycles. The van der Waals surface area contributed by atoms with Crippen molar-refractivity contribution in [3.63, 3.8) is 0 Å². The third kappa shape index (κ3) is 8.34. The molecule has 0 saturated heterocycles. The van der Waals surface area contributed by atoms with Crippen LogP contribution in [0.5, 0.6) is 0 Å². The molecule has 0 aliphatic carbocycles. The van der Waals surface area contributed by atoms with Gasteiger partial charge in [-0.1, -0.05) is 73.1 Å². The Labute approximate surface area is 205 Å². The van der Waals surface area contributed by atoms with Crippen LogP contribution in [0.1, 0.15) is 49.8 Å². The largest absolute Gasteiger partial charge is 0.456 e. The Hall–Kier alpha value is -3.12. The lowest BCUT2D eigenvalue weighted by atomic mass is 9.97. The molecular weight excluding hydrogens is 452 g/mol. The van der Waals surface area contributed by atoms with Gasteiger partial charge in [0.2, 0.25) is 11.8 Å². The molecule has 34 heavy (non-hydrogen) atoms. The lowest BCUT2D eigenvalue weighted by molar-refractivity contribution is -0.151. The molecule has 1 aliphatic heterocycles. The van der Waals surface area contributed by atoms with E-state index in [1.54, 1.807) is 12.1 Å². The van der Waals surface area contributed by atoms with E-state index in [-0.39, 0.29) is 36.7 Å². The van der Waals surface area contributed by atoms with Crippen molar-refractivity contribution in [3.8, 4) is 0 Å². The summed E-state index contributed by atoms with van der Waals surface area (Å²) in [4.78, 5) is 38.1. The minimum absolute atomic E-state index is 0.0646. The maximum atomic E-state index is 13.0. The van der Waals surface area contributed by atoms with E-state index < -0.39 is 12.0 Å². The molecule has 0 saturated carbocycles. The molecule has 180 valence electrons.